The van der Waals surface area contributed by atoms with E-state index >= 15 is 0 Å². The molecule has 0 aliphatic carbocycles. The molecule has 1 heterocycles. The summed E-state index contributed by atoms with van der Waals surface area (Å²) in [6.45, 7) is 4.08. The zero-order valence-electron chi connectivity index (χ0n) is 14.1. The Bertz CT molecular complexity index is 465. The van der Waals surface area contributed by atoms with Gasteiger partial charge in [-0.15, -0.1) is 0 Å². The first-order chi connectivity index (χ1) is 11.1. The normalized spacial score (nSPS) is 22.9. The number of hydrogen-bond acceptors (Lipinski definition) is 5. The average Bonchev–Trinajstić information content (AvgIpc) is 3.01. The quantitative estimate of drug-likeness (QED) is 0.673. The van der Waals surface area contributed by atoms with Gasteiger partial charge in [0.1, 0.15) is 0 Å². The van der Waals surface area contributed by atoms with Crippen LogP contribution in [0.4, 0.5) is 0 Å². The Balaban J connectivity index is 1.93. The molecule has 0 aromatic heterocycles. The number of likely N-dealkylation sites (tertiary alicyclic amines) is 1. The van der Waals surface area contributed by atoms with Crippen LogP contribution >= 0.6 is 0 Å². The van der Waals surface area contributed by atoms with Gasteiger partial charge in [-0.3, -0.25) is 4.90 Å². The van der Waals surface area contributed by atoms with E-state index < -0.39 is 12.2 Å². The van der Waals surface area contributed by atoms with Crippen molar-refractivity contribution < 1.29 is 20.1 Å². The summed E-state index contributed by atoms with van der Waals surface area (Å²) < 4.78 is 5.24. The van der Waals surface area contributed by atoms with Crippen molar-refractivity contribution in [1.29, 1.82) is 0 Å². The number of aliphatic hydroxyl groups excluding tert-OH is 3. The molecule has 0 unspecified atom stereocenters. The molecular weight excluding hydrogens is 294 g/mol. The third-order valence-corrected chi connectivity index (χ3v) is 4.89. The molecular formula is C18H29NO4. The molecule has 23 heavy (non-hydrogen) atoms. The van der Waals surface area contributed by atoms with Crippen molar-refractivity contribution in [2.75, 3.05) is 26.8 Å². The van der Waals surface area contributed by atoms with E-state index in [0.717, 1.165) is 30.5 Å². The number of methoxy groups -OCH3 is 1. The number of nitrogens with zero attached hydrogens (tertiary/aromatic N) is 1. The van der Waals surface area contributed by atoms with Crippen molar-refractivity contribution in [3.63, 3.8) is 0 Å². The highest BCUT2D eigenvalue weighted by atomic mass is 16.5. The van der Waals surface area contributed by atoms with Gasteiger partial charge in [0.25, 0.3) is 0 Å². The molecule has 1 aliphatic heterocycles. The van der Waals surface area contributed by atoms with Gasteiger partial charge < -0.3 is 20.1 Å². The Kier molecular flexibility index (Phi) is 6.99. The maximum atomic E-state index is 10.5. The zero-order valence-corrected chi connectivity index (χ0v) is 14.1. The molecule has 0 radical (unpaired) electrons. The lowest BCUT2D eigenvalue weighted by Gasteiger charge is -2.31. The van der Waals surface area contributed by atoms with Gasteiger partial charge >= 0.3 is 0 Å². The molecule has 3 N–H and O–H groups in total. The van der Waals surface area contributed by atoms with Crippen molar-refractivity contribution in [3.8, 4) is 0 Å². The maximum absolute atomic E-state index is 10.5. The summed E-state index contributed by atoms with van der Waals surface area (Å²) in [5.41, 5.74) is 1.58. The fourth-order valence-electron chi connectivity index (χ4n) is 3.26. The third kappa shape index (κ3) is 4.75. The lowest BCUT2D eigenvalue weighted by molar-refractivity contribution is -0.00612. The first kappa shape index (κ1) is 18.4. The molecule has 0 saturated carbocycles. The van der Waals surface area contributed by atoms with Crippen molar-refractivity contribution in [1.82, 2.24) is 4.90 Å². The summed E-state index contributed by atoms with van der Waals surface area (Å²) >= 11 is 0. The van der Waals surface area contributed by atoms with Crippen LogP contribution in [-0.4, -0.2) is 59.2 Å². The summed E-state index contributed by atoms with van der Waals surface area (Å²) in [7, 11) is 1.70. The molecule has 1 aliphatic rings. The summed E-state index contributed by atoms with van der Waals surface area (Å²) in [6.07, 6.45) is 0.904. The second-order valence-corrected chi connectivity index (χ2v) is 6.52. The molecule has 1 fully saturated rings. The van der Waals surface area contributed by atoms with Crippen molar-refractivity contribution in [3.05, 3.63) is 35.4 Å². The highest BCUT2D eigenvalue weighted by Gasteiger charge is 2.30. The smallest absolute Gasteiger partial charge is 0.0840 e. The van der Waals surface area contributed by atoms with Gasteiger partial charge in [-0.1, -0.05) is 31.2 Å². The van der Waals surface area contributed by atoms with Gasteiger partial charge in [0.05, 0.1) is 25.4 Å². The Labute approximate surface area is 138 Å². The van der Waals surface area contributed by atoms with E-state index in [1.165, 1.54) is 0 Å². The first-order valence-electron chi connectivity index (χ1n) is 8.35. The standard InChI is InChI=1S/C18H29NO4/c1-13(18(22)15-7-5-14(11-20)6-8-15)17(21)10-19-9-3-4-16(19)12-23-2/h5-8,13,16-18,20-22H,3-4,9-12H2,1-2H3/t13-,16-,17+,18+/m0/s1. The highest BCUT2D eigenvalue weighted by Crippen LogP contribution is 2.27. The molecule has 1 saturated heterocycles. The Morgan fingerprint density at radius 2 is 1.96 bits per heavy atom. The predicted molar refractivity (Wildman–Crippen MR) is 89.0 cm³/mol. The molecule has 0 spiro atoms. The number of ether oxygens (including phenoxy) is 1. The Morgan fingerprint density at radius 3 is 2.57 bits per heavy atom. The number of hydrogen-bond donors (Lipinski definition) is 3. The summed E-state index contributed by atoms with van der Waals surface area (Å²) in [5, 5.41) is 30.1. The van der Waals surface area contributed by atoms with Crippen LogP contribution in [0.5, 0.6) is 0 Å². The summed E-state index contributed by atoms with van der Waals surface area (Å²) in [4.78, 5) is 2.26. The number of β-amino-alcohol motifs (C(OH)–C–C–N with tert-alkyl or cyclic N) is 1. The molecule has 0 bridgehead atoms. The zero-order chi connectivity index (χ0) is 16.8. The minimum Gasteiger partial charge on any atom is -0.392 e. The van der Waals surface area contributed by atoms with Crippen LogP contribution in [0.15, 0.2) is 24.3 Å². The van der Waals surface area contributed by atoms with Crippen LogP contribution in [0.2, 0.25) is 0 Å². The SMILES string of the molecule is COC[C@@H]1CCCN1C[C@@H](O)[C@H](C)[C@@H](O)c1ccc(CO)cc1. The van der Waals surface area contributed by atoms with Crippen LogP contribution in [-0.2, 0) is 11.3 Å². The lowest BCUT2D eigenvalue weighted by atomic mass is 9.91. The average molecular weight is 323 g/mol. The third-order valence-electron chi connectivity index (χ3n) is 4.89. The fraction of sp³-hybridized carbons (Fsp3) is 0.667. The lowest BCUT2D eigenvalue weighted by Crippen LogP contribution is -2.41. The minimum atomic E-state index is -0.721. The Hall–Kier alpha value is -0.980. The summed E-state index contributed by atoms with van der Waals surface area (Å²) in [6, 6.07) is 7.58. The van der Waals surface area contributed by atoms with E-state index in [1.807, 2.05) is 19.1 Å². The van der Waals surface area contributed by atoms with E-state index in [1.54, 1.807) is 19.2 Å². The largest absolute Gasteiger partial charge is 0.392 e. The van der Waals surface area contributed by atoms with E-state index in [4.69, 9.17) is 9.84 Å². The minimum absolute atomic E-state index is 0.00952. The molecule has 0 amide bonds. The molecule has 4 atom stereocenters. The van der Waals surface area contributed by atoms with Crippen LogP contribution in [0.1, 0.15) is 37.0 Å². The number of rotatable bonds is 8. The van der Waals surface area contributed by atoms with Gasteiger partial charge in [-0.05, 0) is 30.5 Å². The van der Waals surface area contributed by atoms with Crippen LogP contribution in [0.25, 0.3) is 0 Å². The summed E-state index contributed by atoms with van der Waals surface area (Å²) in [5.74, 6) is -0.265. The van der Waals surface area contributed by atoms with Crippen LogP contribution in [0, 0.1) is 5.92 Å². The Morgan fingerprint density at radius 1 is 1.26 bits per heavy atom. The van der Waals surface area contributed by atoms with Gasteiger partial charge in [0, 0.05) is 25.6 Å². The monoisotopic (exact) mass is 323 g/mol. The second kappa shape index (κ2) is 8.76. The highest BCUT2D eigenvalue weighted by molar-refractivity contribution is 5.24. The number of benzene rings is 1. The van der Waals surface area contributed by atoms with Gasteiger partial charge in [0.2, 0.25) is 0 Å². The molecule has 1 aromatic carbocycles. The van der Waals surface area contributed by atoms with Gasteiger partial charge in [-0.25, -0.2) is 0 Å². The van der Waals surface area contributed by atoms with Crippen molar-refractivity contribution in [2.24, 2.45) is 5.92 Å². The van der Waals surface area contributed by atoms with Crippen molar-refractivity contribution >= 4 is 0 Å². The van der Waals surface area contributed by atoms with E-state index in [9.17, 15) is 10.2 Å². The maximum Gasteiger partial charge on any atom is 0.0840 e. The first-order valence-corrected chi connectivity index (χ1v) is 8.35. The molecule has 5 nitrogen and oxygen atoms in total. The van der Waals surface area contributed by atoms with E-state index in [2.05, 4.69) is 4.90 Å². The topological polar surface area (TPSA) is 73.2 Å². The van der Waals surface area contributed by atoms with Crippen molar-refractivity contribution in [2.45, 2.75) is 44.6 Å². The number of aliphatic hydroxyl groups is 3. The van der Waals surface area contributed by atoms with Gasteiger partial charge in [-0.2, -0.15) is 0 Å². The van der Waals surface area contributed by atoms with E-state index in [0.29, 0.717) is 19.2 Å². The van der Waals surface area contributed by atoms with Crippen LogP contribution in [0.3, 0.4) is 0 Å². The fourth-order valence-corrected chi connectivity index (χ4v) is 3.26. The molecule has 130 valence electrons. The van der Waals surface area contributed by atoms with Crippen LogP contribution < -0.4 is 0 Å². The molecule has 1 aromatic rings. The van der Waals surface area contributed by atoms with Gasteiger partial charge in [0.15, 0.2) is 0 Å². The second-order valence-electron chi connectivity index (χ2n) is 6.52. The molecule has 2 rings (SSSR count). The molecule has 5 heteroatoms. The predicted octanol–water partition coefficient (Wildman–Crippen LogP) is 1.32. The van der Waals surface area contributed by atoms with E-state index in [-0.39, 0.29) is 12.5 Å².